The first-order valence-corrected chi connectivity index (χ1v) is 10.9. The van der Waals surface area contributed by atoms with Crippen molar-refractivity contribution in [3.05, 3.63) is 0 Å². The molecule has 3 atom stereocenters. The first-order valence-electron chi connectivity index (χ1n) is 8.66. The van der Waals surface area contributed by atoms with Crippen molar-refractivity contribution < 1.29 is 19.7 Å². The SMILES string of the molecule is CCC(C)SCCSCC(O)COCCOCC(O)CC(C)C. The highest BCUT2D eigenvalue weighted by atomic mass is 32.2. The highest BCUT2D eigenvalue weighted by molar-refractivity contribution is 8.03. The van der Waals surface area contributed by atoms with Crippen LogP contribution in [0.5, 0.6) is 0 Å². The zero-order valence-electron chi connectivity index (χ0n) is 15.2. The van der Waals surface area contributed by atoms with Gasteiger partial charge < -0.3 is 19.7 Å². The first kappa shape index (κ1) is 23.5. The van der Waals surface area contributed by atoms with Gasteiger partial charge in [0, 0.05) is 22.5 Å². The molecule has 0 bridgehead atoms. The molecule has 6 heteroatoms. The molecule has 0 amide bonds. The van der Waals surface area contributed by atoms with Crippen molar-refractivity contribution >= 4 is 23.5 Å². The van der Waals surface area contributed by atoms with E-state index in [9.17, 15) is 10.2 Å². The largest absolute Gasteiger partial charge is 0.391 e. The van der Waals surface area contributed by atoms with Crippen LogP contribution in [0.1, 0.15) is 40.5 Å². The number of aliphatic hydroxyl groups is 2. The van der Waals surface area contributed by atoms with Crippen LogP contribution in [0.4, 0.5) is 0 Å². The van der Waals surface area contributed by atoms with Gasteiger partial charge >= 0.3 is 0 Å². The minimum absolute atomic E-state index is 0.351. The molecule has 0 fully saturated rings. The van der Waals surface area contributed by atoms with E-state index < -0.39 is 12.2 Å². The summed E-state index contributed by atoms with van der Waals surface area (Å²) >= 11 is 3.77. The third kappa shape index (κ3) is 17.2. The molecule has 3 unspecified atom stereocenters. The smallest absolute Gasteiger partial charge is 0.0863 e. The van der Waals surface area contributed by atoms with Crippen LogP contribution < -0.4 is 0 Å². The molecule has 0 saturated heterocycles. The number of hydrogen-bond acceptors (Lipinski definition) is 6. The highest BCUT2D eigenvalue weighted by Crippen LogP contribution is 2.15. The summed E-state index contributed by atoms with van der Waals surface area (Å²) in [6, 6.07) is 0. The van der Waals surface area contributed by atoms with E-state index in [-0.39, 0.29) is 0 Å². The summed E-state index contributed by atoms with van der Waals surface area (Å²) in [5, 5.41) is 20.2. The zero-order valence-corrected chi connectivity index (χ0v) is 16.8. The Kier molecular flexibility index (Phi) is 16.4. The Labute approximate surface area is 151 Å². The molecule has 23 heavy (non-hydrogen) atoms. The standard InChI is InChI=1S/C17H36O4S2/c1-5-15(4)23-9-8-22-13-17(19)12-21-7-6-20-11-16(18)10-14(2)3/h14-19H,5-13H2,1-4H3. The van der Waals surface area contributed by atoms with Crippen molar-refractivity contribution in [2.24, 2.45) is 5.92 Å². The van der Waals surface area contributed by atoms with E-state index in [1.165, 1.54) is 6.42 Å². The van der Waals surface area contributed by atoms with Crippen molar-refractivity contribution in [2.45, 2.75) is 58.0 Å². The molecule has 4 nitrogen and oxygen atoms in total. The fourth-order valence-corrected chi connectivity index (χ4v) is 3.89. The summed E-state index contributed by atoms with van der Waals surface area (Å²) in [6.45, 7) is 10.2. The summed E-state index contributed by atoms with van der Waals surface area (Å²) in [7, 11) is 0. The molecule has 0 heterocycles. The number of hydrogen-bond donors (Lipinski definition) is 2. The Morgan fingerprint density at radius 2 is 1.52 bits per heavy atom. The minimum atomic E-state index is -0.417. The Hall–Kier alpha value is 0.540. The van der Waals surface area contributed by atoms with Crippen LogP contribution in [0.2, 0.25) is 0 Å². The Bertz CT molecular complexity index is 255. The van der Waals surface area contributed by atoms with E-state index in [0.717, 1.165) is 28.9 Å². The topological polar surface area (TPSA) is 58.9 Å². The van der Waals surface area contributed by atoms with E-state index in [2.05, 4.69) is 27.7 Å². The Morgan fingerprint density at radius 1 is 0.913 bits per heavy atom. The van der Waals surface area contributed by atoms with Gasteiger partial charge in [0.2, 0.25) is 0 Å². The molecule has 0 aliphatic heterocycles. The molecule has 140 valence electrons. The van der Waals surface area contributed by atoms with Crippen LogP contribution in [-0.2, 0) is 9.47 Å². The van der Waals surface area contributed by atoms with Gasteiger partial charge in [-0.2, -0.15) is 23.5 Å². The molecule has 0 aromatic rings. The molecule has 0 radical (unpaired) electrons. The van der Waals surface area contributed by atoms with E-state index in [0.29, 0.717) is 32.3 Å². The van der Waals surface area contributed by atoms with E-state index in [1.54, 1.807) is 11.8 Å². The quantitative estimate of drug-likeness (QED) is 0.408. The molecule has 0 aromatic carbocycles. The van der Waals surface area contributed by atoms with Crippen LogP contribution in [-0.4, -0.2) is 71.4 Å². The van der Waals surface area contributed by atoms with E-state index in [1.807, 2.05) is 11.8 Å². The highest BCUT2D eigenvalue weighted by Gasteiger charge is 2.07. The van der Waals surface area contributed by atoms with Gasteiger partial charge in [-0.1, -0.05) is 27.7 Å². The van der Waals surface area contributed by atoms with Gasteiger partial charge in [0.25, 0.3) is 0 Å². The number of aliphatic hydroxyl groups excluding tert-OH is 2. The summed E-state index contributed by atoms with van der Waals surface area (Å²) in [6.07, 6.45) is 1.15. The molecule has 0 spiro atoms. The second-order valence-electron chi connectivity index (χ2n) is 6.25. The third-order valence-electron chi connectivity index (χ3n) is 3.25. The lowest BCUT2D eigenvalue weighted by atomic mass is 10.1. The van der Waals surface area contributed by atoms with Crippen LogP contribution in [0.15, 0.2) is 0 Å². The van der Waals surface area contributed by atoms with Crippen LogP contribution in [0.3, 0.4) is 0 Å². The molecule has 2 N–H and O–H groups in total. The van der Waals surface area contributed by atoms with E-state index in [4.69, 9.17) is 9.47 Å². The monoisotopic (exact) mass is 368 g/mol. The van der Waals surface area contributed by atoms with Crippen molar-refractivity contribution in [2.75, 3.05) is 43.7 Å². The molecule has 0 aliphatic rings. The lowest BCUT2D eigenvalue weighted by Gasteiger charge is -2.14. The van der Waals surface area contributed by atoms with Crippen molar-refractivity contribution in [3.8, 4) is 0 Å². The van der Waals surface area contributed by atoms with E-state index >= 15 is 0 Å². The van der Waals surface area contributed by atoms with Crippen LogP contribution in [0, 0.1) is 5.92 Å². The average molecular weight is 369 g/mol. The minimum Gasteiger partial charge on any atom is -0.391 e. The number of thioether (sulfide) groups is 2. The van der Waals surface area contributed by atoms with Gasteiger partial charge in [0.05, 0.1) is 38.6 Å². The molecular formula is C17H36O4S2. The lowest BCUT2D eigenvalue weighted by molar-refractivity contribution is -0.0167. The maximum absolute atomic E-state index is 9.81. The third-order valence-corrected chi connectivity index (χ3v) is 5.97. The van der Waals surface area contributed by atoms with Crippen molar-refractivity contribution in [1.82, 2.24) is 0 Å². The average Bonchev–Trinajstić information content (AvgIpc) is 2.49. The maximum Gasteiger partial charge on any atom is 0.0863 e. The number of rotatable bonds is 16. The van der Waals surface area contributed by atoms with Gasteiger partial charge in [-0.25, -0.2) is 0 Å². The lowest BCUT2D eigenvalue weighted by Crippen LogP contribution is -2.22. The fraction of sp³-hybridized carbons (Fsp3) is 1.00. The first-order chi connectivity index (χ1) is 11.0. The zero-order chi connectivity index (χ0) is 17.5. The van der Waals surface area contributed by atoms with Crippen molar-refractivity contribution in [1.29, 1.82) is 0 Å². The molecule has 0 aromatic heterocycles. The van der Waals surface area contributed by atoms with Crippen LogP contribution >= 0.6 is 23.5 Å². The van der Waals surface area contributed by atoms with Gasteiger partial charge in [-0.05, 0) is 18.8 Å². The molecule has 0 saturated carbocycles. The number of ether oxygens (including phenoxy) is 2. The van der Waals surface area contributed by atoms with Crippen LogP contribution in [0.25, 0.3) is 0 Å². The predicted octanol–water partition coefficient (Wildman–Crippen LogP) is 3.05. The normalized spacial score (nSPS) is 15.8. The van der Waals surface area contributed by atoms with Gasteiger partial charge in [-0.15, -0.1) is 0 Å². The van der Waals surface area contributed by atoms with Gasteiger partial charge in [-0.3, -0.25) is 0 Å². The Balaban J connectivity index is 3.32. The predicted molar refractivity (Wildman–Crippen MR) is 103 cm³/mol. The van der Waals surface area contributed by atoms with Gasteiger partial charge in [0.15, 0.2) is 0 Å². The molecular weight excluding hydrogens is 332 g/mol. The molecule has 0 rings (SSSR count). The Morgan fingerprint density at radius 3 is 2.09 bits per heavy atom. The molecule has 0 aliphatic carbocycles. The summed E-state index contributed by atoms with van der Waals surface area (Å²) < 4.78 is 10.8. The fourth-order valence-electron chi connectivity index (χ4n) is 1.86. The van der Waals surface area contributed by atoms with Crippen molar-refractivity contribution in [3.63, 3.8) is 0 Å². The summed E-state index contributed by atoms with van der Waals surface area (Å²) in [5.74, 6) is 3.40. The summed E-state index contributed by atoms with van der Waals surface area (Å²) in [4.78, 5) is 0. The second kappa shape index (κ2) is 16.0. The van der Waals surface area contributed by atoms with Gasteiger partial charge in [0.1, 0.15) is 0 Å². The second-order valence-corrected chi connectivity index (χ2v) is 8.95. The summed E-state index contributed by atoms with van der Waals surface area (Å²) in [5.41, 5.74) is 0. The maximum atomic E-state index is 9.81.